The van der Waals surface area contributed by atoms with Crippen molar-refractivity contribution in [2.45, 2.75) is 19.4 Å². The number of hydrogen-bond acceptors (Lipinski definition) is 5. The number of carbonyl (C=O) groups excluding carboxylic acids is 2. The van der Waals surface area contributed by atoms with E-state index in [1.807, 2.05) is 30.3 Å². The van der Waals surface area contributed by atoms with E-state index in [0.717, 1.165) is 48.4 Å². The number of carbonyl (C=O) groups is 2. The van der Waals surface area contributed by atoms with Crippen LogP contribution in [0.1, 0.15) is 28.8 Å². The minimum absolute atomic E-state index is 0.00325. The van der Waals surface area contributed by atoms with Crippen LogP contribution in [-0.4, -0.2) is 56.2 Å². The maximum absolute atomic E-state index is 12.5. The van der Waals surface area contributed by atoms with E-state index < -0.39 is 5.91 Å². The molecule has 0 spiro atoms. The van der Waals surface area contributed by atoms with Gasteiger partial charge in [-0.1, -0.05) is 18.2 Å². The number of nitrogens with one attached hydrogen (secondary N) is 1. The highest BCUT2D eigenvalue weighted by molar-refractivity contribution is 5.94. The first-order valence-electron chi connectivity index (χ1n) is 10.8. The number of primary amides is 1. The molecule has 1 fully saturated rings. The van der Waals surface area contributed by atoms with Gasteiger partial charge < -0.3 is 20.5 Å². The van der Waals surface area contributed by atoms with Crippen molar-refractivity contribution in [2.24, 2.45) is 11.7 Å². The average Bonchev–Trinajstić information content (AvgIpc) is 2.79. The first-order valence-corrected chi connectivity index (χ1v) is 10.8. The monoisotopic (exact) mass is 423 g/mol. The lowest BCUT2D eigenvalue weighted by molar-refractivity contribution is -0.127. The van der Waals surface area contributed by atoms with Gasteiger partial charge in [0.25, 0.3) is 0 Å². The van der Waals surface area contributed by atoms with Crippen molar-refractivity contribution in [3.63, 3.8) is 0 Å². The molecule has 2 atom stereocenters. The maximum Gasteiger partial charge on any atom is 0.248 e. The van der Waals surface area contributed by atoms with Gasteiger partial charge in [-0.05, 0) is 54.8 Å². The molecule has 2 aliphatic heterocycles. The van der Waals surface area contributed by atoms with Crippen molar-refractivity contribution >= 4 is 11.8 Å². The van der Waals surface area contributed by atoms with Gasteiger partial charge in [-0.2, -0.15) is 0 Å². The van der Waals surface area contributed by atoms with Crippen molar-refractivity contribution < 1.29 is 19.1 Å². The average molecular weight is 424 g/mol. The lowest BCUT2D eigenvalue weighted by Gasteiger charge is -2.32. The zero-order valence-electron chi connectivity index (χ0n) is 17.6. The molecule has 31 heavy (non-hydrogen) atoms. The van der Waals surface area contributed by atoms with E-state index in [9.17, 15) is 9.59 Å². The number of nitrogens with two attached hydrogens (primary N) is 1. The lowest BCUT2D eigenvalue weighted by Crippen LogP contribution is -2.43. The summed E-state index contributed by atoms with van der Waals surface area (Å²) in [5.74, 6) is 0.485. The van der Waals surface area contributed by atoms with Gasteiger partial charge in [-0.3, -0.25) is 14.5 Å². The van der Waals surface area contributed by atoms with E-state index in [1.165, 1.54) is 0 Å². The molecule has 2 bridgehead atoms. The predicted octanol–water partition coefficient (Wildman–Crippen LogP) is 2.19. The summed E-state index contributed by atoms with van der Waals surface area (Å²) >= 11 is 0. The fourth-order valence-corrected chi connectivity index (χ4v) is 4.23. The van der Waals surface area contributed by atoms with E-state index >= 15 is 0 Å². The third-order valence-corrected chi connectivity index (χ3v) is 5.84. The van der Waals surface area contributed by atoms with Crippen molar-refractivity contribution in [3.8, 4) is 16.9 Å². The predicted molar refractivity (Wildman–Crippen MR) is 118 cm³/mol. The SMILES string of the molecule is NC(=O)c1cccc(-c2ccc3c(c2)CN2CCCC(C2)C(=O)NCCOCCO3)c1. The number of nitrogens with zero attached hydrogens (tertiary/aromatic N) is 1. The Balaban J connectivity index is 1.63. The van der Waals surface area contributed by atoms with Gasteiger partial charge in [-0.15, -0.1) is 0 Å². The molecule has 2 heterocycles. The Morgan fingerprint density at radius 2 is 1.97 bits per heavy atom. The highest BCUT2D eigenvalue weighted by Gasteiger charge is 2.26. The molecule has 2 aromatic carbocycles. The van der Waals surface area contributed by atoms with E-state index in [0.29, 0.717) is 38.5 Å². The molecule has 2 unspecified atom stereocenters. The van der Waals surface area contributed by atoms with Gasteiger partial charge in [0.15, 0.2) is 0 Å². The van der Waals surface area contributed by atoms with Crippen LogP contribution in [0.15, 0.2) is 42.5 Å². The Labute approximate surface area is 182 Å². The van der Waals surface area contributed by atoms with Gasteiger partial charge in [0.2, 0.25) is 11.8 Å². The molecule has 2 amide bonds. The smallest absolute Gasteiger partial charge is 0.248 e. The standard InChI is InChI=1S/C24H29N3O4/c25-23(28)19-4-1-3-17(13-19)18-6-7-22-21(14-18)16-27-9-2-5-20(15-27)24(29)26-8-10-30-11-12-31-22/h1,3-4,6-7,13-14,20H,2,5,8-12,15-16H2,(H2,25,28)(H,26,29). The second-order valence-corrected chi connectivity index (χ2v) is 8.09. The second kappa shape index (κ2) is 9.94. The Morgan fingerprint density at radius 3 is 2.84 bits per heavy atom. The van der Waals surface area contributed by atoms with Crippen LogP contribution in [0.5, 0.6) is 5.75 Å². The summed E-state index contributed by atoms with van der Waals surface area (Å²) in [4.78, 5) is 26.4. The lowest BCUT2D eigenvalue weighted by atomic mass is 9.95. The first-order chi connectivity index (χ1) is 15.1. The number of piperidine rings is 1. The van der Waals surface area contributed by atoms with Crippen LogP contribution < -0.4 is 15.8 Å². The Hall–Kier alpha value is -2.90. The molecule has 0 saturated carbocycles. The molecule has 0 aliphatic carbocycles. The van der Waals surface area contributed by atoms with Crippen LogP contribution in [-0.2, 0) is 16.1 Å². The zero-order chi connectivity index (χ0) is 21.6. The summed E-state index contributed by atoms with van der Waals surface area (Å²) in [6.45, 7) is 4.29. The molecular weight excluding hydrogens is 394 g/mol. The number of hydrogen-bond donors (Lipinski definition) is 2. The van der Waals surface area contributed by atoms with E-state index in [1.54, 1.807) is 6.07 Å². The topological polar surface area (TPSA) is 93.9 Å². The number of fused-ring (bicyclic) bond motifs is 3. The normalized spacial score (nSPS) is 22.4. The number of ether oxygens (including phenoxy) is 2. The van der Waals surface area contributed by atoms with Crippen LogP contribution in [0.3, 0.4) is 0 Å². The summed E-state index contributed by atoms with van der Waals surface area (Å²) in [6, 6.07) is 13.4. The van der Waals surface area contributed by atoms with Crippen LogP contribution in [0.2, 0.25) is 0 Å². The van der Waals surface area contributed by atoms with E-state index in [2.05, 4.69) is 16.3 Å². The van der Waals surface area contributed by atoms with E-state index in [-0.39, 0.29) is 11.8 Å². The van der Waals surface area contributed by atoms with Crippen LogP contribution in [0.25, 0.3) is 11.1 Å². The van der Waals surface area contributed by atoms with Crippen molar-refractivity contribution in [2.75, 3.05) is 39.5 Å². The Bertz CT molecular complexity index is 946. The summed E-state index contributed by atoms with van der Waals surface area (Å²) in [5, 5.41) is 2.99. The number of rotatable bonds is 2. The fourth-order valence-electron chi connectivity index (χ4n) is 4.23. The molecule has 164 valence electrons. The summed E-state index contributed by atoms with van der Waals surface area (Å²) in [5.41, 5.74) is 8.91. The highest BCUT2D eigenvalue weighted by atomic mass is 16.5. The van der Waals surface area contributed by atoms with Gasteiger partial charge in [0, 0.05) is 30.8 Å². The summed E-state index contributed by atoms with van der Waals surface area (Å²) in [6.07, 6.45) is 1.90. The van der Waals surface area contributed by atoms with Crippen molar-refractivity contribution in [1.82, 2.24) is 10.2 Å². The molecular formula is C24H29N3O4. The van der Waals surface area contributed by atoms with Crippen molar-refractivity contribution in [3.05, 3.63) is 53.6 Å². The van der Waals surface area contributed by atoms with Crippen LogP contribution in [0, 0.1) is 5.92 Å². The summed E-state index contributed by atoms with van der Waals surface area (Å²) < 4.78 is 11.6. The quantitative estimate of drug-likeness (QED) is 0.772. The molecule has 3 N–H and O–H groups in total. The molecule has 1 saturated heterocycles. The van der Waals surface area contributed by atoms with Crippen LogP contribution in [0.4, 0.5) is 0 Å². The third kappa shape index (κ3) is 5.42. The molecule has 0 aromatic heterocycles. The second-order valence-electron chi connectivity index (χ2n) is 8.09. The minimum atomic E-state index is -0.443. The van der Waals surface area contributed by atoms with Crippen molar-refractivity contribution in [1.29, 1.82) is 0 Å². The Morgan fingerprint density at radius 1 is 1.10 bits per heavy atom. The van der Waals surface area contributed by atoms with Gasteiger partial charge in [0.05, 0.1) is 19.1 Å². The summed E-state index contributed by atoms with van der Waals surface area (Å²) in [7, 11) is 0. The van der Waals surface area contributed by atoms with E-state index in [4.69, 9.17) is 15.2 Å². The van der Waals surface area contributed by atoms with Gasteiger partial charge >= 0.3 is 0 Å². The maximum atomic E-state index is 12.5. The van der Waals surface area contributed by atoms with Gasteiger partial charge in [0.1, 0.15) is 12.4 Å². The third-order valence-electron chi connectivity index (χ3n) is 5.84. The molecule has 4 rings (SSSR count). The number of benzene rings is 2. The zero-order valence-corrected chi connectivity index (χ0v) is 17.6. The fraction of sp³-hybridized carbons (Fsp3) is 0.417. The largest absolute Gasteiger partial charge is 0.491 e. The molecule has 7 heteroatoms. The highest BCUT2D eigenvalue weighted by Crippen LogP contribution is 2.30. The molecule has 2 aromatic rings. The Kier molecular flexibility index (Phi) is 6.84. The van der Waals surface area contributed by atoms with Crippen LogP contribution >= 0.6 is 0 Å². The molecule has 7 nitrogen and oxygen atoms in total. The molecule has 0 radical (unpaired) electrons. The minimum Gasteiger partial charge on any atom is -0.491 e. The molecule has 2 aliphatic rings. The number of amides is 2. The van der Waals surface area contributed by atoms with Gasteiger partial charge in [-0.25, -0.2) is 0 Å². The first kappa shape index (κ1) is 21.3.